The SMILES string of the molecule is Cc1ccc(C(N)C(=O)NCc2nncn2C2CC2)cc1.Cl.Cl. The van der Waals surface area contributed by atoms with Crippen LogP contribution in [0.1, 0.15) is 41.9 Å². The van der Waals surface area contributed by atoms with Gasteiger partial charge in [0.25, 0.3) is 0 Å². The van der Waals surface area contributed by atoms with Gasteiger partial charge in [0.15, 0.2) is 5.82 Å². The van der Waals surface area contributed by atoms with Gasteiger partial charge in [-0.2, -0.15) is 0 Å². The molecule has 6 nitrogen and oxygen atoms in total. The van der Waals surface area contributed by atoms with E-state index < -0.39 is 6.04 Å². The summed E-state index contributed by atoms with van der Waals surface area (Å²) in [4.78, 5) is 12.1. The summed E-state index contributed by atoms with van der Waals surface area (Å²) in [6, 6.07) is 7.50. The van der Waals surface area contributed by atoms with Crippen molar-refractivity contribution in [1.82, 2.24) is 20.1 Å². The number of carbonyl (C=O) groups excluding carboxylic acids is 1. The number of hydrogen-bond donors (Lipinski definition) is 2. The molecule has 1 aliphatic carbocycles. The Morgan fingerprint density at radius 3 is 2.61 bits per heavy atom. The molecule has 0 saturated heterocycles. The topological polar surface area (TPSA) is 85.8 Å². The number of aryl methyl sites for hydroxylation is 1. The van der Waals surface area contributed by atoms with E-state index >= 15 is 0 Å². The lowest BCUT2D eigenvalue weighted by Gasteiger charge is -2.13. The van der Waals surface area contributed by atoms with Crippen molar-refractivity contribution in [3.63, 3.8) is 0 Å². The lowest BCUT2D eigenvalue weighted by atomic mass is 10.1. The van der Waals surface area contributed by atoms with Crippen molar-refractivity contribution in [3.05, 3.63) is 47.5 Å². The zero-order chi connectivity index (χ0) is 14.8. The smallest absolute Gasteiger partial charge is 0.241 e. The molecule has 3 rings (SSSR count). The summed E-state index contributed by atoms with van der Waals surface area (Å²) < 4.78 is 2.03. The Morgan fingerprint density at radius 2 is 2.00 bits per heavy atom. The van der Waals surface area contributed by atoms with Crippen LogP contribution in [0.3, 0.4) is 0 Å². The molecule has 1 unspecified atom stereocenters. The highest BCUT2D eigenvalue weighted by Gasteiger charge is 2.26. The van der Waals surface area contributed by atoms with Gasteiger partial charge in [0, 0.05) is 6.04 Å². The predicted octanol–water partition coefficient (Wildman–Crippen LogP) is 2.08. The number of carbonyl (C=O) groups is 1. The highest BCUT2D eigenvalue weighted by Crippen LogP contribution is 2.35. The van der Waals surface area contributed by atoms with E-state index in [1.165, 1.54) is 0 Å². The number of nitrogens with one attached hydrogen (secondary N) is 1. The highest BCUT2D eigenvalue weighted by atomic mass is 35.5. The fourth-order valence-electron chi connectivity index (χ4n) is 2.25. The molecule has 8 heteroatoms. The van der Waals surface area contributed by atoms with E-state index in [1.807, 2.05) is 35.8 Å². The van der Waals surface area contributed by atoms with Crippen molar-refractivity contribution >= 4 is 30.7 Å². The van der Waals surface area contributed by atoms with Gasteiger partial charge in [-0.15, -0.1) is 35.0 Å². The van der Waals surface area contributed by atoms with Gasteiger partial charge in [0.05, 0.1) is 6.54 Å². The van der Waals surface area contributed by atoms with Gasteiger partial charge in [-0.1, -0.05) is 29.8 Å². The second kappa shape index (κ2) is 8.29. The van der Waals surface area contributed by atoms with Gasteiger partial charge in [0.2, 0.25) is 5.91 Å². The van der Waals surface area contributed by atoms with E-state index in [4.69, 9.17) is 5.73 Å². The van der Waals surface area contributed by atoms with Gasteiger partial charge >= 0.3 is 0 Å². The molecule has 126 valence electrons. The second-order valence-electron chi connectivity index (χ2n) is 5.49. The minimum atomic E-state index is -0.664. The number of benzene rings is 1. The van der Waals surface area contributed by atoms with Crippen LogP contribution in [-0.2, 0) is 11.3 Å². The molecule has 1 saturated carbocycles. The second-order valence-corrected chi connectivity index (χ2v) is 5.49. The zero-order valence-electron chi connectivity index (χ0n) is 12.8. The number of nitrogens with two attached hydrogens (primary N) is 1. The van der Waals surface area contributed by atoms with E-state index in [-0.39, 0.29) is 30.7 Å². The Kier molecular flexibility index (Phi) is 7.00. The molecule has 1 aliphatic rings. The zero-order valence-corrected chi connectivity index (χ0v) is 14.4. The van der Waals surface area contributed by atoms with Crippen molar-refractivity contribution in [1.29, 1.82) is 0 Å². The van der Waals surface area contributed by atoms with E-state index in [0.29, 0.717) is 12.6 Å². The van der Waals surface area contributed by atoms with Crippen LogP contribution in [0.2, 0.25) is 0 Å². The first-order chi connectivity index (χ1) is 10.1. The average Bonchev–Trinajstić information content (AvgIpc) is 3.23. The summed E-state index contributed by atoms with van der Waals surface area (Å²) in [5, 5.41) is 10.8. The third kappa shape index (κ3) is 4.67. The number of hydrogen-bond acceptors (Lipinski definition) is 4. The maximum atomic E-state index is 12.1. The minimum Gasteiger partial charge on any atom is -0.347 e. The standard InChI is InChI=1S/C15H19N5O.2ClH/c1-10-2-4-11(5-3-10)14(16)15(21)17-8-13-19-18-9-20(13)12-6-7-12;;/h2-5,9,12,14H,6-8,16H2,1H3,(H,17,21);2*1H. The van der Waals surface area contributed by atoms with Gasteiger partial charge in [-0.05, 0) is 25.3 Å². The fourth-order valence-corrected chi connectivity index (χ4v) is 2.25. The Balaban J connectivity index is 0.00000132. The van der Waals surface area contributed by atoms with Gasteiger partial charge < -0.3 is 15.6 Å². The monoisotopic (exact) mass is 357 g/mol. The molecule has 23 heavy (non-hydrogen) atoms. The van der Waals surface area contributed by atoms with Crippen LogP contribution >= 0.6 is 24.8 Å². The molecule has 2 aromatic rings. The molecule has 1 heterocycles. The van der Waals surface area contributed by atoms with Crippen LogP contribution in [0.4, 0.5) is 0 Å². The Hall–Kier alpha value is -1.63. The maximum absolute atomic E-state index is 12.1. The number of halogens is 2. The molecule has 3 N–H and O–H groups in total. The third-order valence-electron chi connectivity index (χ3n) is 3.73. The van der Waals surface area contributed by atoms with Crippen molar-refractivity contribution < 1.29 is 4.79 Å². The van der Waals surface area contributed by atoms with Crippen molar-refractivity contribution in [2.45, 2.75) is 38.4 Å². The molecule has 0 bridgehead atoms. The van der Waals surface area contributed by atoms with Gasteiger partial charge in [-0.25, -0.2) is 0 Å². The fraction of sp³-hybridized carbons (Fsp3) is 0.400. The first-order valence-corrected chi connectivity index (χ1v) is 7.13. The molecule has 1 atom stereocenters. The van der Waals surface area contributed by atoms with E-state index in [9.17, 15) is 4.79 Å². The van der Waals surface area contributed by atoms with Crippen molar-refractivity contribution in [2.24, 2.45) is 5.73 Å². The number of amides is 1. The molecule has 1 aromatic heterocycles. The van der Waals surface area contributed by atoms with Crippen LogP contribution in [0.15, 0.2) is 30.6 Å². The first-order valence-electron chi connectivity index (χ1n) is 7.13. The summed E-state index contributed by atoms with van der Waals surface area (Å²) in [5.41, 5.74) is 7.93. The molecule has 0 radical (unpaired) electrons. The molecule has 1 amide bonds. The highest BCUT2D eigenvalue weighted by molar-refractivity contribution is 5.85. The third-order valence-corrected chi connectivity index (χ3v) is 3.73. The molecular weight excluding hydrogens is 337 g/mol. The Bertz CT molecular complexity index is 640. The lowest BCUT2D eigenvalue weighted by Crippen LogP contribution is -2.34. The quantitative estimate of drug-likeness (QED) is 0.857. The largest absolute Gasteiger partial charge is 0.347 e. The minimum absolute atomic E-state index is 0. The number of rotatable bonds is 5. The first kappa shape index (κ1) is 19.4. The molecular formula is C15H21Cl2N5O. The predicted molar refractivity (Wildman–Crippen MR) is 92.7 cm³/mol. The van der Waals surface area contributed by atoms with E-state index in [0.717, 1.165) is 29.8 Å². The van der Waals surface area contributed by atoms with Gasteiger partial charge in [0.1, 0.15) is 12.4 Å². The van der Waals surface area contributed by atoms with Crippen LogP contribution in [0.5, 0.6) is 0 Å². The lowest BCUT2D eigenvalue weighted by molar-refractivity contribution is -0.122. The van der Waals surface area contributed by atoms with Crippen LogP contribution in [-0.4, -0.2) is 20.7 Å². The normalized spacial score (nSPS) is 14.3. The number of aromatic nitrogens is 3. The molecule has 1 fully saturated rings. The van der Waals surface area contributed by atoms with Crippen molar-refractivity contribution in [3.8, 4) is 0 Å². The van der Waals surface area contributed by atoms with Gasteiger partial charge in [-0.3, -0.25) is 4.79 Å². The summed E-state index contributed by atoms with van der Waals surface area (Å²) >= 11 is 0. The Morgan fingerprint density at radius 1 is 1.35 bits per heavy atom. The van der Waals surface area contributed by atoms with E-state index in [2.05, 4.69) is 15.5 Å². The maximum Gasteiger partial charge on any atom is 0.241 e. The molecule has 0 aliphatic heterocycles. The number of nitrogens with zero attached hydrogens (tertiary/aromatic N) is 3. The van der Waals surface area contributed by atoms with Crippen LogP contribution in [0, 0.1) is 6.92 Å². The summed E-state index contributed by atoms with van der Waals surface area (Å²) in [6.07, 6.45) is 4.03. The van der Waals surface area contributed by atoms with E-state index in [1.54, 1.807) is 6.33 Å². The Labute approximate surface area is 147 Å². The molecule has 0 spiro atoms. The summed E-state index contributed by atoms with van der Waals surface area (Å²) in [5.74, 6) is 0.575. The summed E-state index contributed by atoms with van der Waals surface area (Å²) in [6.45, 7) is 2.36. The average molecular weight is 358 g/mol. The van der Waals surface area contributed by atoms with Crippen molar-refractivity contribution in [2.75, 3.05) is 0 Å². The summed E-state index contributed by atoms with van der Waals surface area (Å²) in [7, 11) is 0. The van der Waals surface area contributed by atoms with Crippen LogP contribution < -0.4 is 11.1 Å². The van der Waals surface area contributed by atoms with Crippen LogP contribution in [0.25, 0.3) is 0 Å². The molecule has 1 aromatic carbocycles.